The van der Waals surface area contributed by atoms with Gasteiger partial charge in [0.25, 0.3) is 0 Å². The van der Waals surface area contributed by atoms with Crippen LogP contribution in [0, 0.1) is 0 Å². The maximum Gasteiger partial charge on any atom is 0.0922 e. The molecule has 4 nitrogen and oxygen atoms in total. The van der Waals surface area contributed by atoms with Gasteiger partial charge in [-0.2, -0.15) is 16.4 Å². The first-order valence-corrected chi connectivity index (χ1v) is 6.67. The summed E-state index contributed by atoms with van der Waals surface area (Å²) in [7, 11) is 0. The molecule has 2 aromatic heterocycles. The molecule has 92 valence electrons. The highest BCUT2D eigenvalue weighted by Crippen LogP contribution is 2.15. The average Bonchev–Trinajstić information content (AvgIpc) is 2.99. The van der Waals surface area contributed by atoms with Crippen molar-refractivity contribution in [1.29, 1.82) is 0 Å². The maximum atomic E-state index is 9.89. The Kier molecular flexibility index (Phi) is 4.30. The highest BCUT2D eigenvalue weighted by atomic mass is 32.1. The molecule has 0 spiro atoms. The first kappa shape index (κ1) is 12.3. The summed E-state index contributed by atoms with van der Waals surface area (Å²) in [6.07, 6.45) is 1.37. The molecule has 0 amide bonds. The zero-order chi connectivity index (χ0) is 12.1. The van der Waals surface area contributed by atoms with Gasteiger partial charge in [0.15, 0.2) is 0 Å². The third-order valence-electron chi connectivity index (χ3n) is 2.68. The van der Waals surface area contributed by atoms with Crippen molar-refractivity contribution < 1.29 is 5.11 Å². The van der Waals surface area contributed by atoms with Crippen molar-refractivity contribution in [1.82, 2.24) is 15.1 Å². The van der Waals surface area contributed by atoms with Gasteiger partial charge in [-0.1, -0.05) is 0 Å². The van der Waals surface area contributed by atoms with Gasteiger partial charge in [-0.25, -0.2) is 0 Å². The van der Waals surface area contributed by atoms with E-state index in [1.165, 1.54) is 0 Å². The van der Waals surface area contributed by atoms with E-state index in [2.05, 4.69) is 17.3 Å². The molecular formula is C12H17N3OS. The molecule has 2 heterocycles. The molecule has 0 bridgehead atoms. The summed E-state index contributed by atoms with van der Waals surface area (Å²) in [6, 6.07) is 3.95. The molecule has 0 aliphatic heterocycles. The standard InChI is InChI=1S/C12H17N3OS/c1-2-15-11(3-5-14-15)7-13-8-12(16)10-4-6-17-9-10/h3-6,9,12-13,16H,2,7-8H2,1H3. The van der Waals surface area contributed by atoms with Gasteiger partial charge in [0.05, 0.1) is 11.8 Å². The molecule has 0 aliphatic carbocycles. The fourth-order valence-corrected chi connectivity index (χ4v) is 2.42. The summed E-state index contributed by atoms with van der Waals surface area (Å²) in [4.78, 5) is 0. The number of aliphatic hydroxyl groups is 1. The van der Waals surface area contributed by atoms with Gasteiger partial charge in [0.1, 0.15) is 0 Å². The molecule has 0 radical (unpaired) electrons. The summed E-state index contributed by atoms with van der Waals surface area (Å²) in [5, 5.41) is 21.3. The minimum atomic E-state index is -0.431. The van der Waals surface area contributed by atoms with E-state index in [0.717, 1.165) is 24.3 Å². The largest absolute Gasteiger partial charge is 0.387 e. The first-order chi connectivity index (χ1) is 8.31. The highest BCUT2D eigenvalue weighted by Gasteiger charge is 2.07. The van der Waals surface area contributed by atoms with Gasteiger partial charge in [0.2, 0.25) is 0 Å². The number of aryl methyl sites for hydroxylation is 1. The van der Waals surface area contributed by atoms with Crippen LogP contribution in [0.4, 0.5) is 0 Å². The van der Waals surface area contributed by atoms with Gasteiger partial charge in [-0.05, 0) is 35.4 Å². The van der Waals surface area contributed by atoms with Crippen molar-refractivity contribution >= 4 is 11.3 Å². The Balaban J connectivity index is 1.80. The van der Waals surface area contributed by atoms with Crippen molar-refractivity contribution in [2.24, 2.45) is 0 Å². The normalized spacial score (nSPS) is 12.8. The minimum Gasteiger partial charge on any atom is -0.387 e. The topological polar surface area (TPSA) is 50.1 Å². The highest BCUT2D eigenvalue weighted by molar-refractivity contribution is 7.07. The van der Waals surface area contributed by atoms with Crippen LogP contribution in [-0.4, -0.2) is 21.4 Å². The lowest BCUT2D eigenvalue weighted by Gasteiger charge is -2.11. The van der Waals surface area contributed by atoms with Gasteiger partial charge in [-0.3, -0.25) is 4.68 Å². The predicted octanol–water partition coefficient (Wildman–Crippen LogP) is 1.79. The van der Waals surface area contributed by atoms with Gasteiger partial charge < -0.3 is 10.4 Å². The quantitative estimate of drug-likeness (QED) is 0.823. The first-order valence-electron chi connectivity index (χ1n) is 5.73. The molecule has 0 saturated heterocycles. The van der Waals surface area contributed by atoms with E-state index < -0.39 is 6.10 Å². The second-order valence-electron chi connectivity index (χ2n) is 3.84. The number of nitrogens with zero attached hydrogens (tertiary/aromatic N) is 2. The molecule has 5 heteroatoms. The lowest BCUT2D eigenvalue weighted by atomic mass is 10.2. The van der Waals surface area contributed by atoms with Crippen molar-refractivity contribution in [3.63, 3.8) is 0 Å². The van der Waals surface area contributed by atoms with Gasteiger partial charge >= 0.3 is 0 Å². The third-order valence-corrected chi connectivity index (χ3v) is 3.38. The van der Waals surface area contributed by atoms with Crippen molar-refractivity contribution in [3.8, 4) is 0 Å². The molecule has 17 heavy (non-hydrogen) atoms. The van der Waals surface area contributed by atoms with Gasteiger partial charge in [-0.15, -0.1) is 0 Å². The van der Waals surface area contributed by atoms with E-state index in [9.17, 15) is 5.11 Å². The van der Waals surface area contributed by atoms with Gasteiger partial charge in [0, 0.05) is 25.8 Å². The van der Waals surface area contributed by atoms with Crippen molar-refractivity contribution in [2.45, 2.75) is 26.1 Å². The molecule has 2 N–H and O–H groups in total. The second kappa shape index (κ2) is 5.95. The molecular weight excluding hydrogens is 234 g/mol. The monoisotopic (exact) mass is 251 g/mol. The number of aliphatic hydroxyl groups excluding tert-OH is 1. The predicted molar refractivity (Wildman–Crippen MR) is 68.9 cm³/mol. The van der Waals surface area contributed by atoms with Crippen LogP contribution in [0.1, 0.15) is 24.3 Å². The van der Waals surface area contributed by atoms with Crippen LogP contribution < -0.4 is 5.32 Å². The molecule has 2 aromatic rings. The van der Waals surface area contributed by atoms with Crippen LogP contribution in [0.15, 0.2) is 29.1 Å². The molecule has 2 rings (SSSR count). The Bertz CT molecular complexity index is 438. The number of rotatable bonds is 6. The lowest BCUT2D eigenvalue weighted by Crippen LogP contribution is -2.22. The molecule has 0 saturated carbocycles. The molecule has 0 fully saturated rings. The summed E-state index contributed by atoms with van der Waals surface area (Å²) >= 11 is 1.60. The minimum absolute atomic E-state index is 0.431. The smallest absolute Gasteiger partial charge is 0.0922 e. The van der Waals surface area contributed by atoms with Crippen LogP contribution in [0.2, 0.25) is 0 Å². The van der Waals surface area contributed by atoms with E-state index in [1.54, 1.807) is 17.5 Å². The Labute approximate surface area is 105 Å². The van der Waals surface area contributed by atoms with Crippen molar-refractivity contribution in [3.05, 3.63) is 40.3 Å². The third kappa shape index (κ3) is 3.15. The van der Waals surface area contributed by atoms with E-state index in [-0.39, 0.29) is 0 Å². The fourth-order valence-electron chi connectivity index (χ4n) is 1.71. The van der Waals surface area contributed by atoms with Crippen LogP contribution >= 0.6 is 11.3 Å². The summed E-state index contributed by atoms with van der Waals surface area (Å²) in [6.45, 7) is 4.23. The van der Waals surface area contributed by atoms with E-state index in [4.69, 9.17) is 0 Å². The molecule has 1 unspecified atom stereocenters. The molecule has 0 aliphatic rings. The average molecular weight is 251 g/mol. The Morgan fingerprint density at radius 2 is 2.41 bits per heavy atom. The maximum absolute atomic E-state index is 9.89. The second-order valence-corrected chi connectivity index (χ2v) is 4.62. The number of hydrogen-bond donors (Lipinski definition) is 2. The van der Waals surface area contributed by atoms with E-state index >= 15 is 0 Å². The van der Waals surface area contributed by atoms with Crippen molar-refractivity contribution in [2.75, 3.05) is 6.54 Å². The summed E-state index contributed by atoms with van der Waals surface area (Å²) in [5.41, 5.74) is 2.12. The van der Waals surface area contributed by atoms with E-state index in [0.29, 0.717) is 6.54 Å². The number of thiophene rings is 1. The number of aromatic nitrogens is 2. The van der Waals surface area contributed by atoms with Crippen LogP contribution in [0.3, 0.4) is 0 Å². The van der Waals surface area contributed by atoms with Crippen LogP contribution in [0.25, 0.3) is 0 Å². The summed E-state index contributed by atoms with van der Waals surface area (Å²) in [5.74, 6) is 0. The van der Waals surface area contributed by atoms with Crippen LogP contribution in [-0.2, 0) is 13.1 Å². The Hall–Kier alpha value is -1.17. The number of hydrogen-bond acceptors (Lipinski definition) is 4. The Morgan fingerprint density at radius 1 is 1.53 bits per heavy atom. The zero-order valence-corrected chi connectivity index (χ0v) is 10.7. The molecule has 0 aromatic carbocycles. The Morgan fingerprint density at radius 3 is 3.12 bits per heavy atom. The summed E-state index contributed by atoms with van der Waals surface area (Å²) < 4.78 is 1.95. The van der Waals surface area contributed by atoms with E-state index in [1.807, 2.05) is 27.6 Å². The number of nitrogens with one attached hydrogen (secondary N) is 1. The fraction of sp³-hybridized carbons (Fsp3) is 0.417. The zero-order valence-electron chi connectivity index (χ0n) is 9.84. The SMILES string of the molecule is CCn1nccc1CNCC(O)c1ccsc1. The van der Waals surface area contributed by atoms with Crippen LogP contribution in [0.5, 0.6) is 0 Å². The lowest BCUT2D eigenvalue weighted by molar-refractivity contribution is 0.174. The molecule has 1 atom stereocenters.